The fraction of sp³-hybridized carbons (Fsp3) is 0.188. The molecule has 0 bridgehead atoms. The molecule has 3 unspecified atom stereocenters. The molecule has 66 heavy (non-hydrogen) atoms. The minimum atomic E-state index is -0.284. The molecule has 8 aromatic rings. The Morgan fingerprint density at radius 1 is 0.606 bits per heavy atom. The van der Waals surface area contributed by atoms with E-state index < -0.39 is 0 Å². The molecule has 1 nitrogen and oxygen atoms in total. The van der Waals surface area contributed by atoms with Gasteiger partial charge < -0.3 is 4.90 Å². The molecule has 0 spiro atoms. The normalized spacial score (nSPS) is 20.5. The van der Waals surface area contributed by atoms with Crippen molar-refractivity contribution in [1.29, 1.82) is 0 Å². The summed E-state index contributed by atoms with van der Waals surface area (Å²) in [6, 6.07) is 64.6. The molecular weight excluding hydrogens is 815 g/mol. The maximum atomic E-state index is 2.65. The molecule has 0 N–H and O–H groups in total. The standard InChI is InChI=1S/C64H55NS/c1-64-40-39-47(42-59(64)54-33-18-17-31-52(54)51-30-15-16-32-53(51)57(44-21-6-2-7-22-44)41-46-25-14-19-35-58(46)64)62(45-23-8-3-9-24-45)56-34-20-36-60-63(56)55-38-37-50(43-61(55)66-60)65(48-26-10-4-11-27-48)49-28-12-5-13-29-49/h2-4,6-11,14-23,25-27,30-39,41-43,45,49,62H,5,12-13,24,28-29,40H2,1H3/b57-41+. The van der Waals surface area contributed by atoms with Crippen molar-refractivity contribution in [3.8, 4) is 11.1 Å². The Balaban J connectivity index is 1.04. The van der Waals surface area contributed by atoms with Gasteiger partial charge in [-0.05, 0) is 129 Å². The first kappa shape index (κ1) is 40.7. The zero-order valence-corrected chi connectivity index (χ0v) is 38.6. The molecule has 1 heterocycles. The first-order valence-corrected chi connectivity index (χ1v) is 25.0. The van der Waals surface area contributed by atoms with Crippen molar-refractivity contribution in [2.75, 3.05) is 4.90 Å². The van der Waals surface area contributed by atoms with Gasteiger partial charge >= 0.3 is 0 Å². The number of nitrogens with zero attached hydrogens (tertiary/aromatic N) is 1. The molecule has 12 rings (SSSR count). The molecule has 2 heteroatoms. The zero-order chi connectivity index (χ0) is 44.0. The highest BCUT2D eigenvalue weighted by Gasteiger charge is 2.39. The van der Waals surface area contributed by atoms with Crippen LogP contribution in [-0.4, -0.2) is 6.04 Å². The highest BCUT2D eigenvalue weighted by molar-refractivity contribution is 7.25. The van der Waals surface area contributed by atoms with E-state index in [4.69, 9.17) is 0 Å². The lowest BCUT2D eigenvalue weighted by Gasteiger charge is -2.40. The van der Waals surface area contributed by atoms with E-state index >= 15 is 0 Å². The molecule has 4 aliphatic carbocycles. The second kappa shape index (κ2) is 17.2. The minimum absolute atomic E-state index is 0.169. The van der Waals surface area contributed by atoms with Crippen LogP contribution < -0.4 is 4.90 Å². The van der Waals surface area contributed by atoms with Gasteiger partial charge in [0.25, 0.3) is 0 Å². The lowest BCUT2D eigenvalue weighted by Crippen LogP contribution is -2.32. The molecule has 0 aliphatic heterocycles. The maximum Gasteiger partial charge on any atom is 0.0427 e. The Kier molecular flexibility index (Phi) is 10.6. The molecule has 0 amide bonds. The number of benzene rings is 7. The SMILES string of the molecule is CC12CC=C(C(c3cccc4sc5cc(N(c6ccccc6)C6CCCCC6)ccc5c34)C3C=CC=CC3)C=C1c1ccccc1-c1ccccc1/C(c1ccccc1)=C/c1ccccc12. The summed E-state index contributed by atoms with van der Waals surface area (Å²) in [5, 5.41) is 2.79. The molecular formula is C64H55NS. The average molecular weight is 870 g/mol. The number of para-hydroxylation sites is 1. The third-order valence-electron chi connectivity index (χ3n) is 15.2. The summed E-state index contributed by atoms with van der Waals surface area (Å²) in [5.41, 5.74) is 16.8. The van der Waals surface area contributed by atoms with Gasteiger partial charge in [0.05, 0.1) is 0 Å². The molecule has 0 saturated heterocycles. The van der Waals surface area contributed by atoms with Gasteiger partial charge in [-0.3, -0.25) is 0 Å². The van der Waals surface area contributed by atoms with Crippen LogP contribution in [0.25, 0.3) is 48.5 Å². The van der Waals surface area contributed by atoms with E-state index in [1.807, 2.05) is 11.3 Å². The van der Waals surface area contributed by atoms with Gasteiger partial charge in [0.15, 0.2) is 0 Å². The fourth-order valence-corrected chi connectivity index (χ4v) is 13.2. The van der Waals surface area contributed by atoms with E-state index in [0.29, 0.717) is 12.0 Å². The summed E-state index contributed by atoms with van der Waals surface area (Å²) in [5.74, 6) is 0.489. The van der Waals surface area contributed by atoms with Crippen molar-refractivity contribution in [2.45, 2.75) is 69.2 Å². The van der Waals surface area contributed by atoms with Crippen LogP contribution >= 0.6 is 11.3 Å². The summed E-state index contributed by atoms with van der Waals surface area (Å²) in [6.07, 6.45) is 25.4. The molecule has 322 valence electrons. The molecule has 4 aliphatic rings. The number of fused-ring (bicyclic) bond motifs is 10. The van der Waals surface area contributed by atoms with E-state index in [9.17, 15) is 0 Å². The van der Waals surface area contributed by atoms with Gasteiger partial charge in [-0.2, -0.15) is 0 Å². The van der Waals surface area contributed by atoms with Crippen LogP contribution in [0.1, 0.15) is 91.2 Å². The molecule has 3 atom stereocenters. The average Bonchev–Trinajstić information content (AvgIpc) is 3.76. The summed E-state index contributed by atoms with van der Waals surface area (Å²) in [6.45, 7) is 2.50. The lowest BCUT2D eigenvalue weighted by atomic mass is 9.63. The van der Waals surface area contributed by atoms with Gasteiger partial charge in [-0.1, -0.05) is 202 Å². The van der Waals surface area contributed by atoms with Gasteiger partial charge in [-0.15, -0.1) is 11.3 Å². The minimum Gasteiger partial charge on any atom is -0.338 e. The molecule has 0 radical (unpaired) electrons. The molecule has 1 saturated carbocycles. The van der Waals surface area contributed by atoms with Crippen LogP contribution in [0.5, 0.6) is 0 Å². The Labute approximate surface area is 394 Å². The molecule has 7 aromatic carbocycles. The Morgan fingerprint density at radius 2 is 1.32 bits per heavy atom. The van der Waals surface area contributed by atoms with Crippen LogP contribution in [0.2, 0.25) is 0 Å². The fourth-order valence-electron chi connectivity index (χ4n) is 12.0. The summed E-state index contributed by atoms with van der Waals surface area (Å²) in [7, 11) is 0. The number of allylic oxidation sites excluding steroid dienone is 8. The van der Waals surface area contributed by atoms with Crippen LogP contribution in [0.4, 0.5) is 11.4 Å². The van der Waals surface area contributed by atoms with Crippen molar-refractivity contribution in [3.05, 3.63) is 245 Å². The monoisotopic (exact) mass is 869 g/mol. The second-order valence-corrected chi connectivity index (χ2v) is 20.2. The number of hydrogen-bond acceptors (Lipinski definition) is 2. The molecule has 1 fully saturated rings. The number of hydrogen-bond donors (Lipinski definition) is 0. The number of anilines is 2. The van der Waals surface area contributed by atoms with Gasteiger partial charge in [0, 0.05) is 48.9 Å². The van der Waals surface area contributed by atoms with Crippen LogP contribution in [-0.2, 0) is 5.41 Å². The third kappa shape index (κ3) is 7.15. The predicted molar refractivity (Wildman–Crippen MR) is 284 cm³/mol. The Bertz CT molecular complexity index is 3260. The van der Waals surface area contributed by atoms with Crippen molar-refractivity contribution < 1.29 is 0 Å². The predicted octanol–water partition coefficient (Wildman–Crippen LogP) is 17.7. The largest absolute Gasteiger partial charge is 0.338 e. The van der Waals surface area contributed by atoms with Crippen LogP contribution in [0, 0.1) is 5.92 Å². The number of rotatable bonds is 7. The Morgan fingerprint density at radius 3 is 2.11 bits per heavy atom. The second-order valence-electron chi connectivity index (χ2n) is 19.1. The molecule has 1 aromatic heterocycles. The van der Waals surface area contributed by atoms with E-state index in [1.165, 1.54) is 125 Å². The third-order valence-corrected chi connectivity index (χ3v) is 16.3. The van der Waals surface area contributed by atoms with Crippen molar-refractivity contribution in [3.63, 3.8) is 0 Å². The van der Waals surface area contributed by atoms with Crippen molar-refractivity contribution in [1.82, 2.24) is 0 Å². The van der Waals surface area contributed by atoms with E-state index in [1.54, 1.807) is 0 Å². The summed E-state index contributed by atoms with van der Waals surface area (Å²) in [4.78, 5) is 2.65. The maximum absolute atomic E-state index is 2.65. The topological polar surface area (TPSA) is 3.24 Å². The smallest absolute Gasteiger partial charge is 0.0427 e. The van der Waals surface area contributed by atoms with Gasteiger partial charge in [0.1, 0.15) is 0 Å². The van der Waals surface area contributed by atoms with E-state index in [-0.39, 0.29) is 11.3 Å². The van der Waals surface area contributed by atoms with Crippen molar-refractivity contribution in [2.24, 2.45) is 5.92 Å². The van der Waals surface area contributed by atoms with E-state index in [2.05, 4.69) is 224 Å². The van der Waals surface area contributed by atoms with Crippen LogP contribution in [0.15, 0.2) is 212 Å². The Hall–Kier alpha value is -6.74. The summed E-state index contributed by atoms with van der Waals surface area (Å²) < 4.78 is 2.74. The van der Waals surface area contributed by atoms with E-state index in [0.717, 1.165) is 12.8 Å². The summed E-state index contributed by atoms with van der Waals surface area (Å²) >= 11 is 1.96. The zero-order valence-electron chi connectivity index (χ0n) is 37.7. The van der Waals surface area contributed by atoms with Gasteiger partial charge in [0.2, 0.25) is 0 Å². The highest BCUT2D eigenvalue weighted by Crippen LogP contribution is 2.54. The quantitative estimate of drug-likeness (QED) is 0.154. The van der Waals surface area contributed by atoms with Crippen LogP contribution in [0.3, 0.4) is 0 Å². The highest BCUT2D eigenvalue weighted by atomic mass is 32.1. The first-order valence-electron chi connectivity index (χ1n) is 24.2. The lowest BCUT2D eigenvalue weighted by molar-refractivity contribution is 0.436. The number of thiophene rings is 1. The van der Waals surface area contributed by atoms with Gasteiger partial charge in [-0.25, -0.2) is 0 Å². The van der Waals surface area contributed by atoms with Crippen molar-refractivity contribution >= 4 is 60.1 Å². The first-order chi connectivity index (χ1) is 32.6.